The molecule has 100 valence electrons. The Bertz CT molecular complexity index is 441. The lowest BCUT2D eigenvalue weighted by Crippen LogP contribution is -2.44. The Balaban J connectivity index is 2.55. The van der Waals surface area contributed by atoms with Gasteiger partial charge < -0.3 is 10.4 Å². The summed E-state index contributed by atoms with van der Waals surface area (Å²) in [4.78, 5) is 0. The van der Waals surface area contributed by atoms with Gasteiger partial charge in [0.25, 0.3) is 0 Å². The Morgan fingerprint density at radius 2 is 2.06 bits per heavy atom. The fourth-order valence-electron chi connectivity index (χ4n) is 2.34. The zero-order chi connectivity index (χ0) is 13.4. The molecule has 1 aliphatic heterocycles. The quantitative estimate of drug-likeness (QED) is 0.832. The van der Waals surface area contributed by atoms with Gasteiger partial charge >= 0.3 is 6.18 Å². The van der Waals surface area contributed by atoms with Gasteiger partial charge in [0.15, 0.2) is 0 Å². The van der Waals surface area contributed by atoms with Crippen LogP contribution in [0.15, 0.2) is 22.7 Å². The summed E-state index contributed by atoms with van der Waals surface area (Å²) < 4.78 is 39.3. The number of benzene rings is 1. The zero-order valence-corrected chi connectivity index (χ0v) is 11.1. The molecule has 1 heterocycles. The summed E-state index contributed by atoms with van der Waals surface area (Å²) in [6, 6.07) is 3.86. The molecule has 1 aliphatic rings. The van der Waals surface area contributed by atoms with Crippen LogP contribution in [0, 0.1) is 0 Å². The van der Waals surface area contributed by atoms with E-state index in [0.717, 1.165) is 6.07 Å². The van der Waals surface area contributed by atoms with Crippen molar-refractivity contribution >= 4 is 15.9 Å². The van der Waals surface area contributed by atoms with Gasteiger partial charge in [0.05, 0.1) is 5.56 Å². The van der Waals surface area contributed by atoms with Gasteiger partial charge in [-0.25, -0.2) is 0 Å². The molecule has 1 aromatic carbocycles. The van der Waals surface area contributed by atoms with Gasteiger partial charge in [-0.15, -0.1) is 0 Å². The first-order valence-corrected chi connectivity index (χ1v) is 6.43. The average Bonchev–Trinajstić information content (AvgIpc) is 2.28. The van der Waals surface area contributed by atoms with E-state index in [1.54, 1.807) is 0 Å². The molecule has 1 unspecified atom stereocenters. The van der Waals surface area contributed by atoms with E-state index >= 15 is 0 Å². The van der Waals surface area contributed by atoms with Crippen LogP contribution in [0.2, 0.25) is 0 Å². The number of β-amino-alcohol motifs (C(OH)–C–C–N with tert-alkyl or cyclic N) is 1. The molecule has 2 rings (SSSR count). The van der Waals surface area contributed by atoms with Gasteiger partial charge in [-0.2, -0.15) is 13.2 Å². The summed E-state index contributed by atoms with van der Waals surface area (Å²) in [5, 5.41) is 13.4. The Morgan fingerprint density at radius 1 is 1.33 bits per heavy atom. The molecule has 2 N–H and O–H groups in total. The Labute approximate surface area is 111 Å². The lowest BCUT2D eigenvalue weighted by Gasteiger charge is -2.35. The Hall–Kier alpha value is -0.590. The summed E-state index contributed by atoms with van der Waals surface area (Å²) >= 11 is 3.12. The van der Waals surface area contributed by atoms with Gasteiger partial charge in [-0.3, -0.25) is 0 Å². The lowest BCUT2D eigenvalue weighted by molar-refractivity contribution is -0.141. The van der Waals surface area contributed by atoms with Gasteiger partial charge in [0, 0.05) is 16.6 Å². The molecular formula is C12H13BrF3NO. The van der Waals surface area contributed by atoms with Crippen LogP contribution in [0.3, 0.4) is 0 Å². The van der Waals surface area contributed by atoms with Crippen molar-refractivity contribution in [2.24, 2.45) is 0 Å². The minimum atomic E-state index is -4.47. The van der Waals surface area contributed by atoms with E-state index in [-0.39, 0.29) is 12.1 Å². The van der Waals surface area contributed by atoms with Crippen LogP contribution in [0.4, 0.5) is 13.2 Å². The van der Waals surface area contributed by atoms with Gasteiger partial charge in [0.2, 0.25) is 0 Å². The molecule has 1 atom stereocenters. The van der Waals surface area contributed by atoms with Crippen molar-refractivity contribution in [3.05, 3.63) is 33.8 Å². The maximum Gasteiger partial charge on any atom is 0.416 e. The lowest BCUT2D eigenvalue weighted by atomic mass is 9.83. The van der Waals surface area contributed by atoms with Crippen molar-refractivity contribution in [1.82, 2.24) is 5.32 Å². The van der Waals surface area contributed by atoms with E-state index in [2.05, 4.69) is 21.2 Å². The van der Waals surface area contributed by atoms with Crippen molar-refractivity contribution < 1.29 is 18.3 Å². The first-order chi connectivity index (χ1) is 8.34. The van der Waals surface area contributed by atoms with Crippen LogP contribution in [0.1, 0.15) is 24.0 Å². The van der Waals surface area contributed by atoms with Crippen molar-refractivity contribution in [3.63, 3.8) is 0 Å². The number of nitrogens with one attached hydrogen (secondary N) is 1. The molecular weight excluding hydrogens is 311 g/mol. The van der Waals surface area contributed by atoms with Crippen LogP contribution < -0.4 is 5.32 Å². The van der Waals surface area contributed by atoms with Gasteiger partial charge in [-0.1, -0.05) is 22.0 Å². The average molecular weight is 324 g/mol. The number of alkyl halides is 3. The molecule has 0 spiro atoms. The van der Waals surface area contributed by atoms with Gasteiger partial charge in [0.1, 0.15) is 5.60 Å². The second-order valence-corrected chi connectivity index (χ2v) is 5.33. The van der Waals surface area contributed by atoms with Crippen LogP contribution >= 0.6 is 15.9 Å². The third-order valence-electron chi connectivity index (χ3n) is 3.15. The molecule has 0 aliphatic carbocycles. The highest BCUT2D eigenvalue weighted by Crippen LogP contribution is 2.42. The van der Waals surface area contributed by atoms with Crippen molar-refractivity contribution in [1.29, 1.82) is 0 Å². The molecule has 0 aromatic heterocycles. The Kier molecular flexibility index (Phi) is 3.71. The minimum absolute atomic E-state index is 0.0651. The molecule has 0 amide bonds. The predicted molar refractivity (Wildman–Crippen MR) is 65.1 cm³/mol. The highest BCUT2D eigenvalue weighted by molar-refractivity contribution is 9.10. The SMILES string of the molecule is OC1(c2c(Br)cccc2C(F)(F)F)CCCNC1. The highest BCUT2D eigenvalue weighted by atomic mass is 79.9. The third kappa shape index (κ3) is 2.55. The fourth-order valence-corrected chi connectivity index (χ4v) is 3.07. The molecule has 1 saturated heterocycles. The first kappa shape index (κ1) is 13.8. The summed E-state index contributed by atoms with van der Waals surface area (Å²) in [7, 11) is 0. The largest absolute Gasteiger partial charge is 0.416 e. The van der Waals surface area contributed by atoms with E-state index < -0.39 is 17.3 Å². The van der Waals surface area contributed by atoms with E-state index in [4.69, 9.17) is 0 Å². The number of halogens is 4. The van der Waals surface area contributed by atoms with E-state index in [0.29, 0.717) is 23.9 Å². The molecule has 0 saturated carbocycles. The molecule has 1 aromatic rings. The van der Waals surface area contributed by atoms with Crippen LogP contribution in [0.5, 0.6) is 0 Å². The third-order valence-corrected chi connectivity index (χ3v) is 3.81. The van der Waals surface area contributed by atoms with Crippen molar-refractivity contribution in [2.45, 2.75) is 24.6 Å². The topological polar surface area (TPSA) is 32.3 Å². The monoisotopic (exact) mass is 323 g/mol. The normalized spacial score (nSPS) is 25.2. The minimum Gasteiger partial charge on any atom is -0.384 e. The smallest absolute Gasteiger partial charge is 0.384 e. The molecule has 6 heteroatoms. The molecule has 0 radical (unpaired) electrons. The van der Waals surface area contributed by atoms with Crippen LogP contribution in [0.25, 0.3) is 0 Å². The number of piperidine rings is 1. The van der Waals surface area contributed by atoms with E-state index in [9.17, 15) is 18.3 Å². The number of rotatable bonds is 1. The summed E-state index contributed by atoms with van der Waals surface area (Å²) in [5.41, 5.74) is -2.31. The maximum atomic E-state index is 13.0. The van der Waals surface area contributed by atoms with Crippen molar-refractivity contribution in [3.8, 4) is 0 Å². The highest BCUT2D eigenvalue weighted by Gasteiger charge is 2.42. The predicted octanol–water partition coefficient (Wildman–Crippen LogP) is 3.04. The molecule has 18 heavy (non-hydrogen) atoms. The van der Waals surface area contributed by atoms with Crippen LogP contribution in [-0.4, -0.2) is 18.2 Å². The van der Waals surface area contributed by atoms with E-state index in [1.807, 2.05) is 0 Å². The van der Waals surface area contributed by atoms with Gasteiger partial charge in [-0.05, 0) is 31.5 Å². The second-order valence-electron chi connectivity index (χ2n) is 4.47. The summed E-state index contributed by atoms with van der Waals surface area (Å²) in [6.45, 7) is 0.854. The fraction of sp³-hybridized carbons (Fsp3) is 0.500. The molecule has 0 bridgehead atoms. The van der Waals surface area contributed by atoms with Crippen molar-refractivity contribution in [2.75, 3.05) is 13.1 Å². The Morgan fingerprint density at radius 3 is 2.61 bits per heavy atom. The standard InChI is InChI=1S/C12H13BrF3NO/c13-9-4-1-3-8(12(14,15)16)10(9)11(18)5-2-6-17-7-11/h1,3-4,17-18H,2,5-7H2. The van der Waals surface area contributed by atoms with E-state index in [1.165, 1.54) is 12.1 Å². The summed E-state index contributed by atoms with van der Waals surface area (Å²) in [6.07, 6.45) is -3.49. The number of hydrogen-bond donors (Lipinski definition) is 2. The zero-order valence-electron chi connectivity index (χ0n) is 9.52. The maximum absolute atomic E-state index is 13.0. The van der Waals surface area contributed by atoms with Crippen LogP contribution in [-0.2, 0) is 11.8 Å². The summed E-state index contributed by atoms with van der Waals surface area (Å²) in [5.74, 6) is 0. The molecule has 2 nitrogen and oxygen atoms in total. The number of aliphatic hydroxyl groups is 1. The first-order valence-electron chi connectivity index (χ1n) is 5.64. The molecule has 1 fully saturated rings. The second kappa shape index (κ2) is 4.83. The number of hydrogen-bond acceptors (Lipinski definition) is 2.